The highest BCUT2D eigenvalue weighted by Gasteiger charge is 2.58. The van der Waals surface area contributed by atoms with Gasteiger partial charge in [0.25, 0.3) is 0 Å². The van der Waals surface area contributed by atoms with E-state index >= 15 is 0 Å². The zero-order chi connectivity index (χ0) is 40.7. The van der Waals surface area contributed by atoms with Crippen LogP contribution in [0, 0.1) is 23.7 Å². The van der Waals surface area contributed by atoms with E-state index in [2.05, 4.69) is 218 Å². The van der Waals surface area contributed by atoms with E-state index in [4.69, 9.17) is 0 Å². The van der Waals surface area contributed by atoms with E-state index in [1.807, 2.05) is 0 Å². The van der Waals surface area contributed by atoms with Crippen LogP contribution in [0.25, 0.3) is 21.9 Å². The molecule has 13 rings (SSSR count). The first-order valence-corrected chi connectivity index (χ1v) is 22.6. The van der Waals surface area contributed by atoms with Gasteiger partial charge in [0.1, 0.15) is 0 Å². The summed E-state index contributed by atoms with van der Waals surface area (Å²) in [6.07, 6.45) is 6.80. The Kier molecular flexibility index (Phi) is 8.43. The largest absolute Gasteiger partial charge is 0.311 e. The third-order valence-electron chi connectivity index (χ3n) is 15.5. The molecular weight excluding hydrogens is 737 g/mol. The van der Waals surface area contributed by atoms with Crippen molar-refractivity contribution >= 4 is 44.9 Å². The maximum absolute atomic E-state index is 2.52. The van der Waals surface area contributed by atoms with Crippen molar-refractivity contribution in [1.82, 2.24) is 0 Å². The summed E-state index contributed by atoms with van der Waals surface area (Å²) in [5.74, 6) is 3.05. The SMILES string of the molecule is CC1(C)c2ccccc2-c2ccc(N(c3ccc(C4(c5ccc(N(c6ccccc6)c6ccccc6)cc5)C5CC6CC(C5)CC4C6)cc3)c3ccc4ccccc4c3)cc21. The van der Waals surface area contributed by atoms with Crippen molar-refractivity contribution in [1.29, 1.82) is 0 Å². The van der Waals surface area contributed by atoms with Crippen molar-refractivity contribution in [3.05, 3.63) is 216 Å². The van der Waals surface area contributed by atoms with Gasteiger partial charge in [-0.15, -0.1) is 0 Å². The quantitative estimate of drug-likeness (QED) is 0.151. The van der Waals surface area contributed by atoms with E-state index < -0.39 is 0 Å². The first-order chi connectivity index (χ1) is 29.9. The second kappa shape index (κ2) is 14.1. The van der Waals surface area contributed by atoms with Gasteiger partial charge < -0.3 is 9.80 Å². The van der Waals surface area contributed by atoms with E-state index in [0.717, 1.165) is 11.8 Å². The minimum absolute atomic E-state index is 0.00798. The van der Waals surface area contributed by atoms with Crippen LogP contribution in [-0.2, 0) is 10.8 Å². The third-order valence-corrected chi connectivity index (χ3v) is 15.5. The average Bonchev–Trinajstić information content (AvgIpc) is 3.53. The summed E-state index contributed by atoms with van der Waals surface area (Å²) in [5.41, 5.74) is 15.5. The van der Waals surface area contributed by atoms with Gasteiger partial charge >= 0.3 is 0 Å². The molecule has 0 aromatic heterocycles. The molecule has 0 spiro atoms. The van der Waals surface area contributed by atoms with Gasteiger partial charge in [0.2, 0.25) is 0 Å². The Bertz CT molecular complexity index is 2820. The van der Waals surface area contributed by atoms with Gasteiger partial charge in [-0.25, -0.2) is 0 Å². The lowest BCUT2D eigenvalue weighted by atomic mass is 9.42. The highest BCUT2D eigenvalue weighted by molar-refractivity contribution is 5.91. The molecule has 8 aromatic carbocycles. The number of hydrogen-bond donors (Lipinski definition) is 0. The molecule has 298 valence electrons. The van der Waals surface area contributed by atoms with Crippen LogP contribution in [0.5, 0.6) is 0 Å². The minimum Gasteiger partial charge on any atom is -0.311 e. The van der Waals surface area contributed by atoms with Crippen LogP contribution in [0.4, 0.5) is 34.1 Å². The van der Waals surface area contributed by atoms with Gasteiger partial charge in [-0.3, -0.25) is 0 Å². The molecule has 0 saturated heterocycles. The fraction of sp³-hybridized carbons (Fsp3) is 0.220. The Labute approximate surface area is 361 Å². The zero-order valence-corrected chi connectivity index (χ0v) is 35.2. The molecule has 4 saturated carbocycles. The van der Waals surface area contributed by atoms with Crippen LogP contribution in [0.2, 0.25) is 0 Å². The van der Waals surface area contributed by atoms with E-state index in [-0.39, 0.29) is 10.8 Å². The Morgan fingerprint density at radius 1 is 0.361 bits per heavy atom. The molecule has 0 unspecified atom stereocenters. The van der Waals surface area contributed by atoms with Crippen molar-refractivity contribution in [3.8, 4) is 11.1 Å². The molecule has 2 nitrogen and oxygen atoms in total. The Morgan fingerprint density at radius 3 is 1.41 bits per heavy atom. The fourth-order valence-electron chi connectivity index (χ4n) is 13.0. The van der Waals surface area contributed by atoms with Crippen LogP contribution in [0.15, 0.2) is 194 Å². The molecule has 0 heterocycles. The van der Waals surface area contributed by atoms with Crippen molar-refractivity contribution in [2.75, 3.05) is 9.80 Å². The third kappa shape index (κ3) is 5.75. The van der Waals surface area contributed by atoms with Crippen LogP contribution in [-0.4, -0.2) is 0 Å². The van der Waals surface area contributed by atoms with Crippen LogP contribution >= 0.6 is 0 Å². The predicted molar refractivity (Wildman–Crippen MR) is 255 cm³/mol. The first-order valence-electron chi connectivity index (χ1n) is 22.6. The first kappa shape index (κ1) is 36.5. The maximum atomic E-state index is 2.52. The summed E-state index contributed by atoms with van der Waals surface area (Å²) in [6.45, 7) is 4.77. The van der Waals surface area contributed by atoms with E-state index in [0.29, 0.717) is 11.8 Å². The van der Waals surface area contributed by atoms with Crippen LogP contribution < -0.4 is 9.80 Å². The van der Waals surface area contributed by atoms with Crippen molar-refractivity contribution in [2.45, 2.75) is 56.8 Å². The highest BCUT2D eigenvalue weighted by atomic mass is 15.1. The van der Waals surface area contributed by atoms with Gasteiger partial charge in [-0.1, -0.05) is 135 Å². The highest BCUT2D eigenvalue weighted by Crippen LogP contribution is 2.65. The van der Waals surface area contributed by atoms with Gasteiger partial charge in [0, 0.05) is 45.0 Å². The van der Waals surface area contributed by atoms with E-state index in [1.165, 1.54) is 110 Å². The summed E-state index contributed by atoms with van der Waals surface area (Å²) < 4.78 is 0. The summed E-state index contributed by atoms with van der Waals surface area (Å²) in [6, 6.07) is 73.1. The molecule has 61 heavy (non-hydrogen) atoms. The Morgan fingerprint density at radius 2 is 0.803 bits per heavy atom. The molecule has 2 heteroatoms. The molecule has 0 aliphatic heterocycles. The number of benzene rings is 8. The van der Waals surface area contributed by atoms with Gasteiger partial charge in [-0.05, 0) is 173 Å². The Balaban J connectivity index is 0.976. The number of anilines is 6. The summed E-state index contributed by atoms with van der Waals surface area (Å²) in [5, 5.41) is 2.52. The molecule has 5 aliphatic rings. The van der Waals surface area contributed by atoms with Crippen molar-refractivity contribution in [3.63, 3.8) is 0 Å². The van der Waals surface area contributed by atoms with Crippen molar-refractivity contribution in [2.24, 2.45) is 23.7 Å². The fourth-order valence-corrected chi connectivity index (χ4v) is 13.0. The van der Waals surface area contributed by atoms with Crippen molar-refractivity contribution < 1.29 is 0 Å². The monoisotopic (exact) mass is 788 g/mol. The maximum Gasteiger partial charge on any atom is 0.0468 e. The number of rotatable bonds is 8. The standard InChI is InChI=1S/C59H52N2/c1-58(2)56-20-12-11-19-54(56)55-32-31-53(39-57(55)58)61(52-26-21-42-13-9-10-14-43(42)38-52)51-29-24-45(25-30-51)59(46-34-40-33-41(36-46)37-47(59)35-40)44-22-27-50(28-23-44)60(48-15-5-3-6-16-48)49-17-7-4-8-18-49/h3-32,38-41,46-47H,33-37H2,1-2H3. The number of hydrogen-bond acceptors (Lipinski definition) is 2. The molecule has 5 aliphatic carbocycles. The molecule has 4 bridgehead atoms. The van der Waals surface area contributed by atoms with Gasteiger partial charge in [0.05, 0.1) is 0 Å². The summed E-state index contributed by atoms with van der Waals surface area (Å²) >= 11 is 0. The second-order valence-electron chi connectivity index (χ2n) is 19.0. The number of nitrogens with zero attached hydrogens (tertiary/aromatic N) is 2. The molecule has 0 radical (unpaired) electrons. The average molecular weight is 789 g/mol. The normalized spacial score (nSPS) is 22.8. The smallest absolute Gasteiger partial charge is 0.0468 e. The van der Waals surface area contributed by atoms with E-state index in [9.17, 15) is 0 Å². The lowest BCUT2D eigenvalue weighted by Crippen LogP contribution is -2.56. The summed E-state index contributed by atoms with van der Waals surface area (Å²) in [4.78, 5) is 4.89. The summed E-state index contributed by atoms with van der Waals surface area (Å²) in [7, 11) is 0. The molecule has 0 N–H and O–H groups in total. The Hall–Kier alpha value is -6.38. The molecule has 0 atom stereocenters. The molecular formula is C59H52N2. The van der Waals surface area contributed by atoms with Crippen LogP contribution in [0.1, 0.15) is 68.2 Å². The van der Waals surface area contributed by atoms with E-state index in [1.54, 1.807) is 0 Å². The molecule has 8 aromatic rings. The lowest BCUT2D eigenvalue weighted by Gasteiger charge is -2.62. The zero-order valence-electron chi connectivity index (χ0n) is 35.2. The van der Waals surface area contributed by atoms with Gasteiger partial charge in [0.15, 0.2) is 0 Å². The molecule has 4 fully saturated rings. The minimum atomic E-state index is -0.0819. The topological polar surface area (TPSA) is 6.48 Å². The molecule has 0 amide bonds. The second-order valence-corrected chi connectivity index (χ2v) is 19.0. The lowest BCUT2D eigenvalue weighted by molar-refractivity contribution is -0.0418. The van der Waals surface area contributed by atoms with Crippen LogP contribution in [0.3, 0.4) is 0 Å². The number of fused-ring (bicyclic) bond motifs is 4. The predicted octanol–water partition coefficient (Wildman–Crippen LogP) is 15.8. The number of para-hydroxylation sites is 2. The van der Waals surface area contributed by atoms with Gasteiger partial charge in [-0.2, -0.15) is 0 Å².